The van der Waals surface area contributed by atoms with Gasteiger partial charge < -0.3 is 20.8 Å². The maximum atomic E-state index is 13.4. The fourth-order valence-corrected chi connectivity index (χ4v) is 4.91. The topological polar surface area (TPSA) is 146 Å². The first-order valence-corrected chi connectivity index (χ1v) is 13.5. The lowest BCUT2D eigenvalue weighted by Gasteiger charge is -2.36. The Labute approximate surface area is 239 Å². The molecule has 6 amide bonds. The Bertz CT molecular complexity index is 1170. The Morgan fingerprint density at radius 2 is 0.976 bits per heavy atom. The van der Waals surface area contributed by atoms with Gasteiger partial charge >= 0.3 is 12.1 Å². The Hall–Kier alpha value is -4.16. The molecule has 12 heteroatoms. The van der Waals surface area contributed by atoms with Crippen molar-refractivity contribution in [3.63, 3.8) is 0 Å². The molecule has 2 aromatic carbocycles. The molecule has 220 valence electrons. The normalized spacial score (nSPS) is 19.7. The molecular weight excluding hydrogens is 528 g/mol. The molecule has 12 nitrogen and oxygen atoms in total. The van der Waals surface area contributed by atoms with Crippen LogP contribution < -0.4 is 10.6 Å². The maximum absolute atomic E-state index is 13.4. The minimum atomic E-state index is -1.32. The van der Waals surface area contributed by atoms with Gasteiger partial charge in [-0.1, -0.05) is 36.4 Å². The summed E-state index contributed by atoms with van der Waals surface area (Å²) in [6.07, 6.45) is -2.07. The third-order valence-electron chi connectivity index (χ3n) is 7.51. The average Bonchev–Trinajstić information content (AvgIpc) is 3.21. The maximum Gasteiger partial charge on any atom is 0.329 e. The van der Waals surface area contributed by atoms with Crippen molar-refractivity contribution in [2.24, 2.45) is 0 Å². The first-order chi connectivity index (χ1) is 19.3. The van der Waals surface area contributed by atoms with Crippen LogP contribution in [0.25, 0.3) is 0 Å². The van der Waals surface area contributed by atoms with Crippen LogP contribution in [0, 0.1) is 0 Å². The van der Waals surface area contributed by atoms with Gasteiger partial charge in [-0.2, -0.15) is 0 Å². The first-order valence-electron chi connectivity index (χ1n) is 13.5. The zero-order valence-electron chi connectivity index (χ0n) is 23.8. The van der Waals surface area contributed by atoms with E-state index >= 15 is 0 Å². The highest BCUT2D eigenvalue weighted by molar-refractivity contribution is 6.08. The fraction of sp³-hybridized carbons (Fsp3) is 0.448. The summed E-state index contributed by atoms with van der Waals surface area (Å²) >= 11 is 0. The van der Waals surface area contributed by atoms with E-state index in [2.05, 4.69) is 10.6 Å². The van der Waals surface area contributed by atoms with E-state index in [1.807, 2.05) is 60.7 Å². The summed E-state index contributed by atoms with van der Waals surface area (Å²) in [5.41, 5.74) is -1.07. The molecule has 0 spiro atoms. The van der Waals surface area contributed by atoms with Gasteiger partial charge in [-0.05, 0) is 52.0 Å². The Balaban J connectivity index is 1.40. The van der Waals surface area contributed by atoms with E-state index in [1.54, 1.807) is 27.7 Å². The van der Waals surface area contributed by atoms with Crippen LogP contribution in [0.2, 0.25) is 0 Å². The van der Waals surface area contributed by atoms with E-state index < -0.39 is 47.2 Å². The van der Waals surface area contributed by atoms with Crippen LogP contribution in [0.1, 0.15) is 27.7 Å². The number of carbonyl (C=O) groups is 4. The monoisotopic (exact) mass is 566 g/mol. The summed E-state index contributed by atoms with van der Waals surface area (Å²) in [6, 6.07) is 17.1. The fourth-order valence-electron chi connectivity index (χ4n) is 4.91. The minimum Gasteiger partial charge on any atom is -0.389 e. The summed E-state index contributed by atoms with van der Waals surface area (Å²) in [5.74, 6) is -1.03. The van der Waals surface area contributed by atoms with Gasteiger partial charge in [-0.15, -0.1) is 0 Å². The number of rotatable bonds is 12. The van der Waals surface area contributed by atoms with E-state index in [0.29, 0.717) is 0 Å². The van der Waals surface area contributed by atoms with Gasteiger partial charge in [-0.3, -0.25) is 29.2 Å². The van der Waals surface area contributed by atoms with Crippen LogP contribution >= 0.6 is 0 Å². The Kier molecular flexibility index (Phi) is 8.55. The summed E-state index contributed by atoms with van der Waals surface area (Å²) in [7, 11) is 0. The molecule has 4 rings (SSSR count). The Morgan fingerprint density at radius 3 is 1.32 bits per heavy atom. The molecule has 41 heavy (non-hydrogen) atoms. The van der Waals surface area contributed by atoms with Crippen molar-refractivity contribution in [1.29, 1.82) is 0 Å². The summed E-state index contributed by atoms with van der Waals surface area (Å²) in [6.45, 7) is 5.69. The number of anilines is 2. The molecule has 4 N–H and O–H groups in total. The van der Waals surface area contributed by atoms with Crippen LogP contribution in [0.4, 0.5) is 21.0 Å². The van der Waals surface area contributed by atoms with Gasteiger partial charge in [0.1, 0.15) is 17.7 Å². The minimum absolute atomic E-state index is 0.115. The smallest absolute Gasteiger partial charge is 0.329 e. The van der Waals surface area contributed by atoms with Crippen molar-refractivity contribution in [2.75, 3.05) is 43.5 Å². The quantitative estimate of drug-likeness (QED) is 0.286. The Morgan fingerprint density at radius 1 is 0.634 bits per heavy atom. The highest BCUT2D eigenvalue weighted by Crippen LogP contribution is 2.33. The number of nitrogens with one attached hydrogen (secondary N) is 2. The predicted octanol–water partition coefficient (Wildman–Crippen LogP) is 1.98. The first kappa shape index (κ1) is 29.8. The zero-order valence-corrected chi connectivity index (χ0v) is 23.8. The molecule has 0 aliphatic carbocycles. The molecule has 0 aromatic heterocycles. The third kappa shape index (κ3) is 6.13. The largest absolute Gasteiger partial charge is 0.389 e. The molecule has 2 atom stereocenters. The average molecular weight is 567 g/mol. The molecule has 0 bridgehead atoms. The van der Waals surface area contributed by atoms with E-state index in [1.165, 1.54) is 9.80 Å². The number of hydrogen-bond donors (Lipinski definition) is 4. The standard InChI is InChI=1S/C29H38N6O6/c1-28(2)24(38)32(17-22(36)15-30-20-11-7-5-8-12-20)26(40)34(28)19-35-27(41)33(25(39)29(35,3)4)18-23(37)16-31-21-13-9-6-10-14-21/h5-14,22-23,30-31,36-37H,15-19H2,1-4H3/t22-,23+. The number of nitrogens with zero attached hydrogens (tertiary/aromatic N) is 4. The van der Waals surface area contributed by atoms with Gasteiger partial charge in [0.2, 0.25) is 0 Å². The number of amides is 6. The zero-order chi connectivity index (χ0) is 29.9. The number of urea groups is 2. The van der Waals surface area contributed by atoms with Crippen LogP contribution in [-0.4, -0.2) is 110 Å². The van der Waals surface area contributed by atoms with Gasteiger partial charge in [0.15, 0.2) is 0 Å². The lowest BCUT2D eigenvalue weighted by molar-refractivity contribution is -0.133. The molecule has 2 aromatic rings. The van der Waals surface area contributed by atoms with E-state index in [-0.39, 0.29) is 32.8 Å². The van der Waals surface area contributed by atoms with E-state index in [4.69, 9.17) is 0 Å². The van der Waals surface area contributed by atoms with Gasteiger partial charge in [0, 0.05) is 24.5 Å². The van der Waals surface area contributed by atoms with Crippen molar-refractivity contribution in [3.8, 4) is 0 Å². The molecule has 2 fully saturated rings. The second kappa shape index (κ2) is 11.8. The molecule has 0 radical (unpaired) electrons. The number of hydrogen-bond acceptors (Lipinski definition) is 8. The van der Waals surface area contributed by atoms with Crippen LogP contribution in [0.5, 0.6) is 0 Å². The molecular formula is C29H38N6O6. The number of carbonyl (C=O) groups excluding carboxylic acids is 4. The molecule has 2 heterocycles. The third-order valence-corrected chi connectivity index (χ3v) is 7.51. The van der Waals surface area contributed by atoms with Crippen molar-refractivity contribution < 1.29 is 29.4 Å². The number of imide groups is 2. The van der Waals surface area contributed by atoms with Gasteiger partial charge in [-0.25, -0.2) is 9.59 Å². The van der Waals surface area contributed by atoms with Gasteiger partial charge in [0.05, 0.1) is 25.3 Å². The highest BCUT2D eigenvalue weighted by atomic mass is 16.3. The second-order valence-corrected chi connectivity index (χ2v) is 11.3. The number of β-amino-alcohol motifs (C(OH)–C–C–N with tert-alkyl or cyclic N) is 2. The number of aliphatic hydroxyl groups is 2. The molecule has 2 saturated heterocycles. The summed E-state index contributed by atoms with van der Waals surface area (Å²) < 4.78 is 0. The SMILES string of the molecule is CC1(C)C(=O)N(C[C@H](O)CNc2ccccc2)C(=O)N1CN1C(=O)N(C[C@@H](O)CNc2ccccc2)C(=O)C1(C)C. The summed E-state index contributed by atoms with van der Waals surface area (Å²) in [5, 5.41) is 27.3. The van der Waals surface area contributed by atoms with Crippen LogP contribution in [0.15, 0.2) is 60.7 Å². The molecule has 0 unspecified atom stereocenters. The van der Waals surface area contributed by atoms with Crippen molar-refractivity contribution in [2.45, 2.75) is 51.0 Å². The highest BCUT2D eigenvalue weighted by Gasteiger charge is 2.57. The van der Waals surface area contributed by atoms with Crippen molar-refractivity contribution in [1.82, 2.24) is 19.6 Å². The predicted molar refractivity (Wildman–Crippen MR) is 153 cm³/mol. The van der Waals surface area contributed by atoms with E-state index in [0.717, 1.165) is 21.2 Å². The van der Waals surface area contributed by atoms with Crippen LogP contribution in [-0.2, 0) is 9.59 Å². The molecule has 2 aliphatic heterocycles. The number of para-hydroxylation sites is 2. The van der Waals surface area contributed by atoms with Crippen molar-refractivity contribution in [3.05, 3.63) is 60.7 Å². The summed E-state index contributed by atoms with van der Waals surface area (Å²) in [4.78, 5) is 57.8. The lowest BCUT2D eigenvalue weighted by Crippen LogP contribution is -2.55. The van der Waals surface area contributed by atoms with Crippen molar-refractivity contribution >= 4 is 35.3 Å². The molecule has 2 aliphatic rings. The number of aliphatic hydroxyl groups excluding tert-OH is 2. The molecule has 0 saturated carbocycles. The van der Waals surface area contributed by atoms with Crippen LogP contribution in [0.3, 0.4) is 0 Å². The van der Waals surface area contributed by atoms with E-state index in [9.17, 15) is 29.4 Å². The van der Waals surface area contributed by atoms with Gasteiger partial charge in [0.25, 0.3) is 11.8 Å². The number of benzene rings is 2. The lowest BCUT2D eigenvalue weighted by atomic mass is 10.0. The second-order valence-electron chi connectivity index (χ2n) is 11.3.